The van der Waals surface area contributed by atoms with Crippen molar-refractivity contribution in [2.45, 2.75) is 44.9 Å². The second kappa shape index (κ2) is 14.6. The molecule has 2 aromatic carbocycles. The number of benzene rings is 2. The van der Waals surface area contributed by atoms with Gasteiger partial charge in [-0.3, -0.25) is 4.98 Å². The summed E-state index contributed by atoms with van der Waals surface area (Å²) in [5.41, 5.74) is 4.68. The molecule has 2 heteroatoms. The molecule has 3 aromatic rings. The first-order valence-corrected chi connectivity index (χ1v) is 12.0. The molecular formula is C31H35NO. The van der Waals surface area contributed by atoms with Gasteiger partial charge in [-0.25, -0.2) is 0 Å². The zero-order chi connectivity index (χ0) is 23.0. The Hall–Kier alpha value is -3.39. The van der Waals surface area contributed by atoms with Crippen molar-refractivity contribution in [2.24, 2.45) is 0 Å². The van der Waals surface area contributed by atoms with Crippen LogP contribution < -0.4 is 4.74 Å². The largest absolute Gasteiger partial charge is 0.494 e. The molecule has 0 aliphatic rings. The lowest BCUT2D eigenvalue weighted by Gasteiger charge is -2.06. The Morgan fingerprint density at radius 1 is 0.576 bits per heavy atom. The van der Waals surface area contributed by atoms with Crippen LogP contribution in [0, 0.1) is 0 Å². The molecule has 33 heavy (non-hydrogen) atoms. The van der Waals surface area contributed by atoms with E-state index < -0.39 is 0 Å². The molecule has 0 atom stereocenters. The molecule has 0 amide bonds. The highest BCUT2D eigenvalue weighted by Gasteiger charge is 1.96. The van der Waals surface area contributed by atoms with Crippen LogP contribution in [0.4, 0.5) is 0 Å². The van der Waals surface area contributed by atoms with Gasteiger partial charge in [-0.1, -0.05) is 92.5 Å². The predicted molar refractivity (Wildman–Crippen MR) is 143 cm³/mol. The van der Waals surface area contributed by atoms with Gasteiger partial charge in [-0.05, 0) is 65.8 Å². The van der Waals surface area contributed by atoms with Gasteiger partial charge in [0.2, 0.25) is 0 Å². The zero-order valence-corrected chi connectivity index (χ0v) is 19.5. The van der Waals surface area contributed by atoms with E-state index in [1.807, 2.05) is 18.2 Å². The number of unbranched alkanes of at least 4 members (excludes halogenated alkanes) is 6. The van der Waals surface area contributed by atoms with E-state index in [9.17, 15) is 0 Å². The van der Waals surface area contributed by atoms with Crippen molar-refractivity contribution in [3.05, 3.63) is 108 Å². The molecule has 0 aliphatic heterocycles. The van der Waals surface area contributed by atoms with Crippen LogP contribution in [-0.4, -0.2) is 11.6 Å². The highest BCUT2D eigenvalue weighted by Crippen LogP contribution is 2.16. The van der Waals surface area contributed by atoms with Gasteiger partial charge in [0, 0.05) is 12.4 Å². The van der Waals surface area contributed by atoms with E-state index in [0.29, 0.717) is 0 Å². The summed E-state index contributed by atoms with van der Waals surface area (Å²) in [5, 5.41) is 0. The Morgan fingerprint density at radius 2 is 1.03 bits per heavy atom. The highest BCUT2D eigenvalue weighted by molar-refractivity contribution is 5.73. The summed E-state index contributed by atoms with van der Waals surface area (Å²) in [5.74, 6) is 0.948. The van der Waals surface area contributed by atoms with E-state index in [0.717, 1.165) is 30.8 Å². The van der Waals surface area contributed by atoms with Crippen LogP contribution >= 0.6 is 0 Å². The van der Waals surface area contributed by atoms with E-state index in [2.05, 4.69) is 84.4 Å². The molecule has 0 bridgehead atoms. The molecule has 0 fully saturated rings. The van der Waals surface area contributed by atoms with E-state index in [1.54, 1.807) is 12.4 Å². The maximum Gasteiger partial charge on any atom is 0.119 e. The van der Waals surface area contributed by atoms with Gasteiger partial charge in [0.25, 0.3) is 0 Å². The monoisotopic (exact) mass is 437 g/mol. The van der Waals surface area contributed by atoms with E-state index in [1.165, 1.54) is 48.8 Å². The molecule has 0 saturated heterocycles. The number of pyridine rings is 1. The Balaban J connectivity index is 1.37. The lowest BCUT2D eigenvalue weighted by Crippen LogP contribution is -1.97. The van der Waals surface area contributed by atoms with E-state index in [-0.39, 0.29) is 0 Å². The van der Waals surface area contributed by atoms with Gasteiger partial charge in [-0.15, -0.1) is 6.58 Å². The molecule has 1 heterocycles. The summed E-state index contributed by atoms with van der Waals surface area (Å²) in [6.07, 6.45) is 22.8. The van der Waals surface area contributed by atoms with Crippen molar-refractivity contribution >= 4 is 24.3 Å². The fraction of sp³-hybridized carbons (Fsp3) is 0.258. The van der Waals surface area contributed by atoms with Gasteiger partial charge in [0.05, 0.1) is 6.61 Å². The topological polar surface area (TPSA) is 22.1 Å². The molecule has 0 N–H and O–H groups in total. The Kier molecular flexibility index (Phi) is 10.8. The third kappa shape index (κ3) is 9.74. The maximum absolute atomic E-state index is 5.89. The van der Waals surface area contributed by atoms with Gasteiger partial charge in [0.15, 0.2) is 0 Å². The first kappa shape index (κ1) is 24.3. The van der Waals surface area contributed by atoms with Crippen molar-refractivity contribution in [3.8, 4) is 5.75 Å². The van der Waals surface area contributed by atoms with E-state index >= 15 is 0 Å². The number of allylic oxidation sites excluding steroid dienone is 1. The average Bonchev–Trinajstić information content (AvgIpc) is 2.87. The Bertz CT molecular complexity index is 985. The molecule has 1 aromatic heterocycles. The summed E-state index contributed by atoms with van der Waals surface area (Å²) in [4.78, 5) is 4.04. The van der Waals surface area contributed by atoms with Gasteiger partial charge in [-0.2, -0.15) is 0 Å². The Morgan fingerprint density at radius 3 is 1.58 bits per heavy atom. The quantitative estimate of drug-likeness (QED) is 0.143. The van der Waals surface area contributed by atoms with Crippen LogP contribution in [0.3, 0.4) is 0 Å². The van der Waals surface area contributed by atoms with Crippen molar-refractivity contribution in [1.82, 2.24) is 4.98 Å². The fourth-order valence-corrected chi connectivity index (χ4v) is 3.54. The van der Waals surface area contributed by atoms with Gasteiger partial charge < -0.3 is 4.74 Å². The number of nitrogens with zero attached hydrogens (tertiary/aromatic N) is 1. The molecular weight excluding hydrogens is 402 g/mol. The van der Waals surface area contributed by atoms with Gasteiger partial charge in [0.1, 0.15) is 5.75 Å². The normalized spacial score (nSPS) is 11.3. The highest BCUT2D eigenvalue weighted by atomic mass is 16.5. The van der Waals surface area contributed by atoms with Crippen LogP contribution in [0.25, 0.3) is 24.3 Å². The molecule has 0 aliphatic carbocycles. The fourth-order valence-electron chi connectivity index (χ4n) is 3.54. The van der Waals surface area contributed by atoms with Crippen molar-refractivity contribution in [1.29, 1.82) is 0 Å². The van der Waals surface area contributed by atoms with Crippen LogP contribution in [0.5, 0.6) is 5.75 Å². The number of rotatable bonds is 14. The number of hydrogen-bond acceptors (Lipinski definition) is 2. The summed E-state index contributed by atoms with van der Waals surface area (Å²) >= 11 is 0. The summed E-state index contributed by atoms with van der Waals surface area (Å²) in [7, 11) is 0. The first-order chi connectivity index (χ1) is 16.3. The van der Waals surface area contributed by atoms with Crippen LogP contribution in [0.15, 0.2) is 85.7 Å². The minimum atomic E-state index is 0.795. The third-order valence-corrected chi connectivity index (χ3v) is 5.53. The van der Waals surface area contributed by atoms with Crippen LogP contribution in [-0.2, 0) is 0 Å². The lowest BCUT2D eigenvalue weighted by atomic mass is 10.1. The first-order valence-electron chi connectivity index (χ1n) is 12.0. The minimum absolute atomic E-state index is 0.795. The number of aromatic nitrogens is 1. The second-order valence-electron chi connectivity index (χ2n) is 8.23. The molecule has 0 unspecified atom stereocenters. The molecule has 2 nitrogen and oxygen atoms in total. The number of hydrogen-bond donors (Lipinski definition) is 0. The van der Waals surface area contributed by atoms with Crippen LogP contribution in [0.2, 0.25) is 0 Å². The summed E-state index contributed by atoms with van der Waals surface area (Å²) in [6, 6.07) is 20.9. The molecule has 170 valence electrons. The summed E-state index contributed by atoms with van der Waals surface area (Å²) < 4.78 is 5.89. The lowest BCUT2D eigenvalue weighted by molar-refractivity contribution is 0.304. The number of ether oxygens (including phenoxy) is 1. The van der Waals surface area contributed by atoms with E-state index in [4.69, 9.17) is 4.74 Å². The molecule has 0 spiro atoms. The molecule has 0 saturated carbocycles. The molecule has 0 radical (unpaired) electrons. The summed E-state index contributed by atoms with van der Waals surface area (Å²) in [6.45, 7) is 4.57. The maximum atomic E-state index is 5.89. The van der Waals surface area contributed by atoms with Gasteiger partial charge >= 0.3 is 0 Å². The third-order valence-electron chi connectivity index (χ3n) is 5.53. The predicted octanol–water partition coefficient (Wildman–Crippen LogP) is 8.72. The molecule has 3 rings (SSSR count). The van der Waals surface area contributed by atoms with Crippen LogP contribution in [0.1, 0.15) is 67.2 Å². The smallest absolute Gasteiger partial charge is 0.119 e. The average molecular weight is 438 g/mol. The van der Waals surface area contributed by atoms with Crippen molar-refractivity contribution in [2.75, 3.05) is 6.61 Å². The van der Waals surface area contributed by atoms with Crippen molar-refractivity contribution < 1.29 is 4.74 Å². The second-order valence-corrected chi connectivity index (χ2v) is 8.23. The zero-order valence-electron chi connectivity index (χ0n) is 19.5. The minimum Gasteiger partial charge on any atom is -0.494 e. The van der Waals surface area contributed by atoms with Crippen molar-refractivity contribution in [3.63, 3.8) is 0 Å². The SMILES string of the molecule is C=CCCCCCCCCOc1ccc(C=Cc2ccc(C=Cc3ccncc3)cc2)cc1. The standard InChI is InChI=1S/C31H35NO/c1-2-3-4-5-6-7-8-9-26-33-31-20-18-29(19-21-31)15-14-27-10-12-28(13-11-27)16-17-30-22-24-32-25-23-30/h2,10-25H,1,3-9,26H2. The Labute approximate surface area is 199 Å².